The number of primary amides is 1. The second-order valence-corrected chi connectivity index (χ2v) is 5.03. The topological polar surface area (TPSA) is 94.0 Å². The Bertz CT molecular complexity index is 663. The number of carbonyl (C=O) groups is 1. The molecule has 104 valence electrons. The van der Waals surface area contributed by atoms with Crippen LogP contribution in [0.2, 0.25) is 0 Å². The lowest BCUT2D eigenvalue weighted by Crippen LogP contribution is -2.16. The van der Waals surface area contributed by atoms with Crippen LogP contribution in [-0.4, -0.2) is 10.9 Å². The van der Waals surface area contributed by atoms with Crippen molar-refractivity contribution >= 4 is 33.3 Å². The van der Waals surface area contributed by atoms with Crippen LogP contribution in [0.25, 0.3) is 0 Å². The minimum atomic E-state index is -0.651. The molecule has 1 aromatic carbocycles. The number of pyridine rings is 1. The molecule has 2 rings (SSSR count). The van der Waals surface area contributed by atoms with Crippen LogP contribution in [0.4, 0.5) is 15.9 Å². The number of nitrogens with zero attached hydrogens (tertiary/aromatic N) is 1. The molecule has 0 spiro atoms. The van der Waals surface area contributed by atoms with E-state index in [1.807, 2.05) is 0 Å². The summed E-state index contributed by atoms with van der Waals surface area (Å²) in [5.74, 6) is -0.732. The minimum Gasteiger partial charge on any atom is -0.397 e. The maximum Gasteiger partial charge on any atom is 0.252 e. The third-order valence-electron chi connectivity index (χ3n) is 2.63. The number of halogens is 2. The van der Waals surface area contributed by atoms with Crippen molar-refractivity contribution in [2.75, 3.05) is 11.1 Å². The average Bonchev–Trinajstić information content (AvgIpc) is 2.40. The zero-order chi connectivity index (χ0) is 14.7. The van der Waals surface area contributed by atoms with Crippen molar-refractivity contribution < 1.29 is 9.18 Å². The van der Waals surface area contributed by atoms with Crippen LogP contribution in [0.3, 0.4) is 0 Å². The SMILES string of the molecule is NC(=O)c1cc(N)cnc1NCc1cc(Br)ccc1F. The molecule has 0 radical (unpaired) electrons. The highest BCUT2D eigenvalue weighted by Gasteiger charge is 2.11. The van der Waals surface area contributed by atoms with Crippen LogP contribution >= 0.6 is 15.9 Å². The number of carbonyl (C=O) groups excluding carboxylic acids is 1. The summed E-state index contributed by atoms with van der Waals surface area (Å²) in [6, 6.07) is 6.03. The maximum absolute atomic E-state index is 13.6. The van der Waals surface area contributed by atoms with Gasteiger partial charge in [-0.25, -0.2) is 9.37 Å². The Kier molecular flexibility index (Phi) is 4.19. The van der Waals surface area contributed by atoms with E-state index in [0.717, 1.165) is 4.47 Å². The summed E-state index contributed by atoms with van der Waals surface area (Å²) in [6.07, 6.45) is 1.39. The Morgan fingerprint density at radius 3 is 2.85 bits per heavy atom. The second-order valence-electron chi connectivity index (χ2n) is 4.12. The van der Waals surface area contributed by atoms with Crippen LogP contribution < -0.4 is 16.8 Å². The molecule has 0 saturated carbocycles. The third-order valence-corrected chi connectivity index (χ3v) is 3.12. The van der Waals surface area contributed by atoms with Gasteiger partial charge in [0.1, 0.15) is 11.6 Å². The van der Waals surface area contributed by atoms with Gasteiger partial charge in [0.15, 0.2) is 0 Å². The van der Waals surface area contributed by atoms with E-state index in [-0.39, 0.29) is 23.7 Å². The van der Waals surface area contributed by atoms with Gasteiger partial charge in [0.2, 0.25) is 0 Å². The van der Waals surface area contributed by atoms with Gasteiger partial charge in [0.05, 0.1) is 17.4 Å². The summed E-state index contributed by atoms with van der Waals surface area (Å²) in [5, 5.41) is 2.88. The predicted octanol–water partition coefficient (Wildman–Crippen LogP) is 2.28. The summed E-state index contributed by atoms with van der Waals surface area (Å²) in [4.78, 5) is 15.3. The molecule has 7 heteroatoms. The largest absolute Gasteiger partial charge is 0.397 e. The number of aromatic nitrogens is 1. The first-order valence-electron chi connectivity index (χ1n) is 5.70. The number of hydrogen-bond donors (Lipinski definition) is 3. The summed E-state index contributed by atoms with van der Waals surface area (Å²) < 4.78 is 14.4. The first-order chi connectivity index (χ1) is 9.47. The van der Waals surface area contributed by atoms with Gasteiger partial charge in [-0.05, 0) is 24.3 Å². The number of nitrogens with two attached hydrogens (primary N) is 2. The first kappa shape index (κ1) is 14.3. The predicted molar refractivity (Wildman–Crippen MR) is 78.6 cm³/mol. The van der Waals surface area contributed by atoms with E-state index >= 15 is 0 Å². The fraction of sp³-hybridized carbons (Fsp3) is 0.0769. The van der Waals surface area contributed by atoms with Gasteiger partial charge >= 0.3 is 0 Å². The monoisotopic (exact) mass is 338 g/mol. The summed E-state index contributed by atoms with van der Waals surface area (Å²) in [5.41, 5.74) is 11.7. The third kappa shape index (κ3) is 3.24. The van der Waals surface area contributed by atoms with Gasteiger partial charge in [-0.1, -0.05) is 15.9 Å². The highest BCUT2D eigenvalue weighted by atomic mass is 79.9. The number of benzene rings is 1. The number of hydrogen-bond acceptors (Lipinski definition) is 4. The van der Waals surface area contributed by atoms with Crippen LogP contribution in [-0.2, 0) is 6.54 Å². The summed E-state index contributed by atoms with van der Waals surface area (Å²) >= 11 is 3.27. The summed E-state index contributed by atoms with van der Waals surface area (Å²) in [7, 11) is 0. The van der Waals surface area contributed by atoms with Crippen LogP contribution in [0, 0.1) is 5.82 Å². The van der Waals surface area contributed by atoms with Gasteiger partial charge < -0.3 is 16.8 Å². The van der Waals surface area contributed by atoms with Crippen molar-refractivity contribution in [3.63, 3.8) is 0 Å². The van der Waals surface area contributed by atoms with Gasteiger partial charge in [0.25, 0.3) is 5.91 Å². The Morgan fingerprint density at radius 2 is 2.15 bits per heavy atom. The smallest absolute Gasteiger partial charge is 0.252 e. The van der Waals surface area contributed by atoms with Crippen LogP contribution in [0.5, 0.6) is 0 Å². The lowest BCUT2D eigenvalue weighted by Gasteiger charge is -2.10. The van der Waals surface area contributed by atoms with E-state index in [1.54, 1.807) is 12.1 Å². The Morgan fingerprint density at radius 1 is 1.40 bits per heavy atom. The van der Waals surface area contributed by atoms with Crippen molar-refractivity contribution in [2.24, 2.45) is 5.73 Å². The summed E-state index contributed by atoms with van der Waals surface area (Å²) in [6.45, 7) is 0.169. The molecule has 20 heavy (non-hydrogen) atoms. The average molecular weight is 339 g/mol. The van der Waals surface area contributed by atoms with Crippen LogP contribution in [0.1, 0.15) is 15.9 Å². The Labute approximate surface area is 123 Å². The highest BCUT2D eigenvalue weighted by molar-refractivity contribution is 9.10. The molecule has 0 atom stereocenters. The number of nitrogen functional groups attached to an aromatic ring is 1. The van der Waals surface area contributed by atoms with Crippen molar-refractivity contribution in [3.05, 3.63) is 51.9 Å². The molecular formula is C13H12BrFN4O. The molecule has 0 saturated heterocycles. The molecule has 0 aliphatic heterocycles. The Hall–Kier alpha value is -2.15. The van der Waals surface area contributed by atoms with E-state index in [2.05, 4.69) is 26.2 Å². The second kappa shape index (κ2) is 5.87. The molecule has 1 amide bonds. The standard InChI is InChI=1S/C13H12BrFN4O/c14-8-1-2-11(15)7(3-8)5-18-13-10(12(17)20)4-9(16)6-19-13/h1-4,6H,5,16H2,(H2,17,20)(H,18,19). The van der Waals surface area contributed by atoms with Gasteiger partial charge in [-0.15, -0.1) is 0 Å². The van der Waals surface area contributed by atoms with Crippen LogP contribution in [0.15, 0.2) is 34.9 Å². The molecule has 2 aromatic rings. The minimum absolute atomic E-state index is 0.167. The van der Waals surface area contributed by atoms with Crippen molar-refractivity contribution in [2.45, 2.75) is 6.54 Å². The fourth-order valence-electron chi connectivity index (χ4n) is 1.67. The molecule has 1 aromatic heterocycles. The molecule has 0 fully saturated rings. The number of amides is 1. The van der Waals surface area contributed by atoms with E-state index in [1.165, 1.54) is 18.3 Å². The fourth-order valence-corrected chi connectivity index (χ4v) is 2.08. The molecule has 0 aliphatic rings. The normalized spacial score (nSPS) is 10.3. The number of nitrogens with one attached hydrogen (secondary N) is 1. The molecular weight excluding hydrogens is 327 g/mol. The molecule has 0 aliphatic carbocycles. The molecule has 5 nitrogen and oxygen atoms in total. The van der Waals surface area contributed by atoms with E-state index < -0.39 is 5.91 Å². The first-order valence-corrected chi connectivity index (χ1v) is 6.50. The molecule has 0 unspecified atom stereocenters. The lowest BCUT2D eigenvalue weighted by atomic mass is 10.2. The van der Waals surface area contributed by atoms with E-state index in [9.17, 15) is 9.18 Å². The zero-order valence-corrected chi connectivity index (χ0v) is 11.9. The van der Waals surface area contributed by atoms with Gasteiger partial charge in [-0.2, -0.15) is 0 Å². The molecule has 0 bridgehead atoms. The number of rotatable bonds is 4. The van der Waals surface area contributed by atoms with Gasteiger partial charge in [-0.3, -0.25) is 4.79 Å². The van der Waals surface area contributed by atoms with E-state index in [4.69, 9.17) is 11.5 Å². The van der Waals surface area contributed by atoms with E-state index in [0.29, 0.717) is 11.3 Å². The number of anilines is 2. The Balaban J connectivity index is 2.23. The highest BCUT2D eigenvalue weighted by Crippen LogP contribution is 2.19. The molecule has 1 heterocycles. The lowest BCUT2D eigenvalue weighted by molar-refractivity contribution is 0.100. The van der Waals surface area contributed by atoms with Crippen molar-refractivity contribution in [1.29, 1.82) is 0 Å². The molecule has 5 N–H and O–H groups in total. The quantitative estimate of drug-likeness (QED) is 0.797. The van der Waals surface area contributed by atoms with Crippen molar-refractivity contribution in [3.8, 4) is 0 Å². The zero-order valence-electron chi connectivity index (χ0n) is 10.4. The van der Waals surface area contributed by atoms with Crippen molar-refractivity contribution in [1.82, 2.24) is 4.98 Å². The van der Waals surface area contributed by atoms with Gasteiger partial charge in [0, 0.05) is 16.6 Å². The maximum atomic E-state index is 13.6.